The van der Waals surface area contributed by atoms with Gasteiger partial charge in [-0.2, -0.15) is 0 Å². The number of carboxylic acid groups (broad SMARTS) is 2. The third-order valence-corrected chi connectivity index (χ3v) is 5.24. The van der Waals surface area contributed by atoms with Crippen molar-refractivity contribution in [1.82, 2.24) is 25.9 Å². The van der Waals surface area contributed by atoms with Crippen LogP contribution in [0.5, 0.6) is 0 Å². The van der Waals surface area contributed by atoms with Crippen LogP contribution in [0.2, 0.25) is 0 Å². The molecule has 1 aromatic rings. The van der Waals surface area contributed by atoms with Crippen molar-refractivity contribution in [2.45, 2.75) is 69.3 Å². The minimum absolute atomic E-state index is 0.0561. The van der Waals surface area contributed by atoms with Crippen molar-refractivity contribution in [3.63, 3.8) is 0 Å². The number of guanidine groups is 1. The van der Waals surface area contributed by atoms with Crippen molar-refractivity contribution in [3.05, 3.63) is 18.2 Å². The molecule has 0 radical (unpaired) electrons. The Bertz CT molecular complexity index is 979. The molecule has 17 nitrogen and oxygen atoms in total. The first-order valence-corrected chi connectivity index (χ1v) is 11.6. The van der Waals surface area contributed by atoms with Gasteiger partial charge in [0.2, 0.25) is 17.7 Å². The van der Waals surface area contributed by atoms with E-state index in [1.165, 1.54) is 12.5 Å². The van der Waals surface area contributed by atoms with E-state index >= 15 is 0 Å². The molecular weight excluding hydrogens is 506 g/mol. The number of aliphatic carboxylic acids is 2. The van der Waals surface area contributed by atoms with Crippen LogP contribution >= 0.6 is 0 Å². The minimum Gasteiger partial charge on any atom is -0.481 e. The number of carbonyl (C=O) groups excluding carboxylic acids is 3. The van der Waals surface area contributed by atoms with Crippen LogP contribution in [0.15, 0.2) is 17.5 Å². The maximum atomic E-state index is 13.1. The van der Waals surface area contributed by atoms with Crippen LogP contribution < -0.4 is 33.2 Å². The Hall–Kier alpha value is -4.25. The number of H-pyrrole nitrogens is 1. The molecule has 0 spiro atoms. The van der Waals surface area contributed by atoms with Crippen molar-refractivity contribution >= 4 is 35.6 Å². The number of carbonyl (C=O) groups is 5. The largest absolute Gasteiger partial charge is 0.481 e. The molecule has 0 aliphatic carbocycles. The lowest BCUT2D eigenvalue weighted by molar-refractivity contribution is -0.145. The van der Waals surface area contributed by atoms with Crippen molar-refractivity contribution in [1.29, 1.82) is 0 Å². The van der Waals surface area contributed by atoms with Crippen LogP contribution in [-0.2, 0) is 30.4 Å². The summed E-state index contributed by atoms with van der Waals surface area (Å²) in [5, 5.41) is 34.9. The smallest absolute Gasteiger partial charge is 0.328 e. The number of aliphatic imine (C=N–C) groups is 1. The number of amides is 3. The highest BCUT2D eigenvalue weighted by atomic mass is 16.4. The Balaban J connectivity index is 3.03. The van der Waals surface area contributed by atoms with Gasteiger partial charge in [-0.3, -0.25) is 24.2 Å². The molecule has 1 heterocycles. The fourth-order valence-corrected chi connectivity index (χ4v) is 3.23. The van der Waals surface area contributed by atoms with E-state index in [-0.39, 0.29) is 38.2 Å². The summed E-state index contributed by atoms with van der Waals surface area (Å²) in [5.74, 6) is -5.52. The Morgan fingerprint density at radius 3 is 2.16 bits per heavy atom. The van der Waals surface area contributed by atoms with Gasteiger partial charge in [0.25, 0.3) is 0 Å². The highest BCUT2D eigenvalue weighted by molar-refractivity contribution is 5.94. The number of hydrogen-bond donors (Lipinski definition) is 10. The van der Waals surface area contributed by atoms with Crippen molar-refractivity contribution in [3.8, 4) is 0 Å². The predicted molar refractivity (Wildman–Crippen MR) is 132 cm³/mol. The van der Waals surface area contributed by atoms with E-state index in [2.05, 4.69) is 30.9 Å². The molecule has 3 amide bonds. The summed E-state index contributed by atoms with van der Waals surface area (Å²) < 4.78 is 0. The highest BCUT2D eigenvalue weighted by Crippen LogP contribution is 2.06. The lowest BCUT2D eigenvalue weighted by Gasteiger charge is -2.25. The lowest BCUT2D eigenvalue weighted by Crippen LogP contribution is -2.58. The molecule has 0 saturated carbocycles. The summed E-state index contributed by atoms with van der Waals surface area (Å²) in [6, 6.07) is -5.48. The maximum Gasteiger partial charge on any atom is 0.328 e. The predicted octanol–water partition coefficient (Wildman–Crippen LogP) is -3.88. The van der Waals surface area contributed by atoms with E-state index in [4.69, 9.17) is 22.3 Å². The zero-order chi connectivity index (χ0) is 28.8. The van der Waals surface area contributed by atoms with Crippen molar-refractivity contribution < 1.29 is 39.3 Å². The molecule has 38 heavy (non-hydrogen) atoms. The topological polar surface area (TPSA) is 301 Å². The first-order valence-electron chi connectivity index (χ1n) is 11.6. The normalized spacial score (nSPS) is 14.7. The summed E-state index contributed by atoms with van der Waals surface area (Å²) in [6.07, 6.45) is 0.789. The van der Waals surface area contributed by atoms with Crippen LogP contribution in [0.1, 0.15) is 38.3 Å². The average Bonchev–Trinajstić information content (AvgIpc) is 3.33. The van der Waals surface area contributed by atoms with Gasteiger partial charge in [-0.25, -0.2) is 9.78 Å². The van der Waals surface area contributed by atoms with Crippen molar-refractivity contribution in [2.75, 3.05) is 6.54 Å². The number of nitrogens with one attached hydrogen (secondary N) is 4. The number of aliphatic hydroxyl groups is 1. The van der Waals surface area contributed by atoms with E-state index in [1.807, 2.05) is 0 Å². The standard InChI is InChI=1S/C21H35N9O8/c1-10(31)16(20(37)38)30-19(36)13(3-2-6-26-21(23)24)29-18(35)14(4-5-15(32)33)28-17(34)12(22)7-11-8-25-9-27-11/h8-10,12-14,16,31H,2-7,22H2,1H3,(H,25,27)(H,28,34)(H,29,35)(H,30,36)(H,32,33)(H,37,38)(H4,23,24,26). The van der Waals surface area contributed by atoms with Gasteiger partial charge in [0.1, 0.15) is 12.1 Å². The van der Waals surface area contributed by atoms with Crippen LogP contribution in [0.4, 0.5) is 0 Å². The van der Waals surface area contributed by atoms with Gasteiger partial charge in [-0.05, 0) is 26.2 Å². The summed E-state index contributed by atoms with van der Waals surface area (Å²) in [6.45, 7) is 1.25. The molecule has 0 aliphatic heterocycles. The molecule has 1 rings (SSSR count). The Kier molecular flexibility index (Phi) is 13.2. The molecular formula is C21H35N9O8. The number of imidazole rings is 1. The van der Waals surface area contributed by atoms with Gasteiger partial charge in [-0.1, -0.05) is 0 Å². The number of aromatic amines is 1. The second-order valence-electron chi connectivity index (χ2n) is 8.46. The van der Waals surface area contributed by atoms with Gasteiger partial charge in [0, 0.05) is 31.3 Å². The van der Waals surface area contributed by atoms with Crippen LogP contribution in [0, 0.1) is 0 Å². The minimum atomic E-state index is -1.66. The highest BCUT2D eigenvalue weighted by Gasteiger charge is 2.32. The van der Waals surface area contributed by atoms with E-state index < -0.39 is 66.4 Å². The quantitative estimate of drug-likeness (QED) is 0.0514. The molecule has 5 atom stereocenters. The summed E-state index contributed by atoms with van der Waals surface area (Å²) in [4.78, 5) is 71.4. The third-order valence-electron chi connectivity index (χ3n) is 5.24. The van der Waals surface area contributed by atoms with Gasteiger partial charge in [0.05, 0.1) is 18.5 Å². The molecule has 5 unspecified atom stereocenters. The number of rotatable bonds is 17. The van der Waals surface area contributed by atoms with Gasteiger partial charge in [-0.15, -0.1) is 0 Å². The molecule has 0 saturated heterocycles. The Labute approximate surface area is 217 Å². The van der Waals surface area contributed by atoms with Crippen molar-refractivity contribution in [2.24, 2.45) is 22.2 Å². The number of hydrogen-bond acceptors (Lipinski definition) is 9. The van der Waals surface area contributed by atoms with Crippen LogP contribution in [0.25, 0.3) is 0 Å². The van der Waals surface area contributed by atoms with E-state index in [9.17, 15) is 34.2 Å². The monoisotopic (exact) mass is 541 g/mol. The number of carboxylic acids is 2. The maximum absolute atomic E-state index is 13.1. The first kappa shape index (κ1) is 31.8. The van der Waals surface area contributed by atoms with E-state index in [0.29, 0.717) is 5.69 Å². The Morgan fingerprint density at radius 2 is 1.63 bits per heavy atom. The molecule has 1 aromatic heterocycles. The summed E-state index contributed by atoms with van der Waals surface area (Å²) in [7, 11) is 0. The lowest BCUT2D eigenvalue weighted by atomic mass is 10.1. The molecule has 17 heteroatoms. The van der Waals surface area contributed by atoms with Gasteiger partial charge >= 0.3 is 11.9 Å². The molecule has 0 fully saturated rings. The van der Waals surface area contributed by atoms with Crippen LogP contribution in [0.3, 0.4) is 0 Å². The second-order valence-corrected chi connectivity index (χ2v) is 8.46. The number of aromatic nitrogens is 2. The summed E-state index contributed by atoms with van der Waals surface area (Å²) in [5.41, 5.74) is 17.0. The molecule has 0 aliphatic rings. The number of nitrogens with two attached hydrogens (primary N) is 3. The SMILES string of the molecule is CC(O)C(NC(=O)C(CCCN=C(N)N)NC(=O)C(CCC(=O)O)NC(=O)C(N)Cc1cnc[nH]1)C(=O)O. The van der Waals surface area contributed by atoms with Gasteiger partial charge in [0.15, 0.2) is 12.0 Å². The molecule has 212 valence electrons. The zero-order valence-electron chi connectivity index (χ0n) is 20.8. The molecule has 0 aromatic carbocycles. The molecule has 13 N–H and O–H groups in total. The first-order chi connectivity index (χ1) is 17.8. The molecule has 0 bridgehead atoms. The fraction of sp³-hybridized carbons (Fsp3) is 0.571. The van der Waals surface area contributed by atoms with E-state index in [1.54, 1.807) is 0 Å². The third kappa shape index (κ3) is 11.7. The second kappa shape index (κ2) is 15.8. The number of nitrogens with zero attached hydrogens (tertiary/aromatic N) is 2. The summed E-state index contributed by atoms with van der Waals surface area (Å²) >= 11 is 0. The number of aliphatic hydroxyl groups excluding tert-OH is 1. The average molecular weight is 542 g/mol. The van der Waals surface area contributed by atoms with Gasteiger partial charge < -0.3 is 53.5 Å². The fourth-order valence-electron chi connectivity index (χ4n) is 3.23. The van der Waals surface area contributed by atoms with E-state index in [0.717, 1.165) is 6.92 Å². The zero-order valence-corrected chi connectivity index (χ0v) is 20.8. The Morgan fingerprint density at radius 1 is 1.03 bits per heavy atom. The van der Waals surface area contributed by atoms with Crippen LogP contribution in [-0.4, -0.2) is 97.7 Å².